The van der Waals surface area contributed by atoms with E-state index in [1.807, 2.05) is 33.9 Å². The Labute approximate surface area is 147 Å². The predicted molar refractivity (Wildman–Crippen MR) is 98.3 cm³/mol. The summed E-state index contributed by atoms with van der Waals surface area (Å²) in [7, 11) is 0. The Hall–Kier alpha value is -3.14. The van der Waals surface area contributed by atoms with Crippen LogP contribution in [0.15, 0.2) is 85.5 Å². The first-order chi connectivity index (χ1) is 12.3. The summed E-state index contributed by atoms with van der Waals surface area (Å²) in [4.78, 5) is 0. The molecule has 0 fully saturated rings. The number of benzene rings is 2. The highest BCUT2D eigenvalue weighted by atomic mass is 15.3. The average Bonchev–Trinajstić information content (AvgIpc) is 3.27. The zero-order valence-corrected chi connectivity index (χ0v) is 14.0. The summed E-state index contributed by atoms with van der Waals surface area (Å²) in [5, 5.41) is 8.94. The molecule has 0 saturated carbocycles. The van der Waals surface area contributed by atoms with Gasteiger partial charge in [0.1, 0.15) is 0 Å². The topological polar surface area (TPSA) is 35.6 Å². The standard InChI is InChI=1S/C21H20N4/c1-3-7-18(8-4-1)14-24-16-20(12-22-24)11-21-13-23-25(17-21)15-19-9-5-2-6-10-19/h1-10,12-13,16-17H,11,14-15H2. The van der Waals surface area contributed by atoms with E-state index in [0.29, 0.717) is 0 Å². The third kappa shape index (κ3) is 4.04. The molecule has 2 heterocycles. The van der Waals surface area contributed by atoms with E-state index in [2.05, 4.69) is 71.1 Å². The van der Waals surface area contributed by atoms with Gasteiger partial charge in [0, 0.05) is 18.8 Å². The molecule has 0 saturated heterocycles. The first kappa shape index (κ1) is 15.4. The van der Waals surface area contributed by atoms with Crippen molar-refractivity contribution in [2.24, 2.45) is 0 Å². The van der Waals surface area contributed by atoms with Gasteiger partial charge in [-0.2, -0.15) is 10.2 Å². The Kier molecular flexibility index (Phi) is 4.42. The molecule has 4 heteroatoms. The molecule has 4 rings (SSSR count). The summed E-state index contributed by atoms with van der Waals surface area (Å²) in [6.45, 7) is 1.60. The molecule has 25 heavy (non-hydrogen) atoms. The maximum absolute atomic E-state index is 4.47. The zero-order chi connectivity index (χ0) is 16.9. The third-order valence-corrected chi connectivity index (χ3v) is 4.16. The fourth-order valence-corrected chi connectivity index (χ4v) is 2.94. The van der Waals surface area contributed by atoms with Crippen molar-refractivity contribution >= 4 is 0 Å². The number of rotatable bonds is 6. The van der Waals surface area contributed by atoms with E-state index >= 15 is 0 Å². The van der Waals surface area contributed by atoms with E-state index in [1.54, 1.807) is 0 Å². The smallest absolute Gasteiger partial charge is 0.0659 e. The summed E-state index contributed by atoms with van der Waals surface area (Å²) < 4.78 is 3.97. The molecule has 0 bridgehead atoms. The molecular formula is C21H20N4. The zero-order valence-electron chi connectivity index (χ0n) is 14.0. The molecule has 0 amide bonds. The molecule has 0 N–H and O–H groups in total. The highest BCUT2D eigenvalue weighted by molar-refractivity contribution is 5.20. The Morgan fingerprint density at radius 1 is 0.560 bits per heavy atom. The summed E-state index contributed by atoms with van der Waals surface area (Å²) in [5.41, 5.74) is 4.92. The van der Waals surface area contributed by atoms with Crippen LogP contribution in [0, 0.1) is 0 Å². The van der Waals surface area contributed by atoms with Gasteiger partial charge in [-0.1, -0.05) is 60.7 Å². The molecule has 2 aromatic carbocycles. The molecule has 0 aliphatic carbocycles. The van der Waals surface area contributed by atoms with Crippen LogP contribution in [0.1, 0.15) is 22.3 Å². The molecule has 4 nitrogen and oxygen atoms in total. The Bertz CT molecular complexity index is 845. The minimum Gasteiger partial charge on any atom is -0.268 e. The van der Waals surface area contributed by atoms with Crippen LogP contribution in [0.25, 0.3) is 0 Å². The molecule has 2 aromatic heterocycles. The molecule has 0 unspecified atom stereocenters. The van der Waals surface area contributed by atoms with Gasteiger partial charge in [-0.05, 0) is 22.3 Å². The minimum absolute atomic E-state index is 0.800. The summed E-state index contributed by atoms with van der Waals surface area (Å²) >= 11 is 0. The van der Waals surface area contributed by atoms with Gasteiger partial charge in [0.2, 0.25) is 0 Å². The fraction of sp³-hybridized carbons (Fsp3) is 0.143. The van der Waals surface area contributed by atoms with Gasteiger partial charge in [-0.15, -0.1) is 0 Å². The van der Waals surface area contributed by atoms with Crippen LogP contribution in [-0.4, -0.2) is 19.6 Å². The van der Waals surface area contributed by atoms with Gasteiger partial charge in [0.15, 0.2) is 0 Å². The van der Waals surface area contributed by atoms with Crippen LogP contribution >= 0.6 is 0 Å². The predicted octanol–water partition coefficient (Wildman–Crippen LogP) is 3.77. The monoisotopic (exact) mass is 328 g/mol. The highest BCUT2D eigenvalue weighted by Crippen LogP contribution is 2.10. The second-order valence-electron chi connectivity index (χ2n) is 6.24. The first-order valence-electron chi connectivity index (χ1n) is 8.46. The summed E-state index contributed by atoms with van der Waals surface area (Å²) in [6.07, 6.45) is 8.96. The molecule has 0 spiro atoms. The van der Waals surface area contributed by atoms with Crippen molar-refractivity contribution in [3.8, 4) is 0 Å². The number of aromatic nitrogens is 4. The van der Waals surface area contributed by atoms with Crippen LogP contribution in [0.5, 0.6) is 0 Å². The third-order valence-electron chi connectivity index (χ3n) is 4.16. The lowest BCUT2D eigenvalue weighted by atomic mass is 10.1. The molecule has 0 aliphatic rings. The van der Waals surface area contributed by atoms with E-state index < -0.39 is 0 Å². The number of hydrogen-bond acceptors (Lipinski definition) is 2. The lowest BCUT2D eigenvalue weighted by Crippen LogP contribution is -1.99. The van der Waals surface area contributed by atoms with Crippen LogP contribution < -0.4 is 0 Å². The van der Waals surface area contributed by atoms with Crippen LogP contribution in [0.4, 0.5) is 0 Å². The lowest BCUT2D eigenvalue weighted by Gasteiger charge is -2.01. The fourth-order valence-electron chi connectivity index (χ4n) is 2.94. The first-order valence-corrected chi connectivity index (χ1v) is 8.46. The van der Waals surface area contributed by atoms with E-state index in [4.69, 9.17) is 0 Å². The van der Waals surface area contributed by atoms with Crippen LogP contribution in [-0.2, 0) is 19.5 Å². The molecule has 0 radical (unpaired) electrons. The molecule has 0 aliphatic heterocycles. The van der Waals surface area contributed by atoms with E-state index in [-0.39, 0.29) is 0 Å². The Morgan fingerprint density at radius 2 is 1.00 bits per heavy atom. The highest BCUT2D eigenvalue weighted by Gasteiger charge is 2.04. The van der Waals surface area contributed by atoms with Gasteiger partial charge < -0.3 is 0 Å². The SMILES string of the molecule is c1ccc(Cn2cc(Cc3cnn(Cc4ccccc4)c3)cn2)cc1. The van der Waals surface area contributed by atoms with Crippen molar-refractivity contribution in [3.05, 3.63) is 108 Å². The quantitative estimate of drug-likeness (QED) is 0.540. The van der Waals surface area contributed by atoms with E-state index in [0.717, 1.165) is 19.5 Å². The Balaban J connectivity index is 1.39. The van der Waals surface area contributed by atoms with Crippen LogP contribution in [0.2, 0.25) is 0 Å². The van der Waals surface area contributed by atoms with Crippen molar-refractivity contribution in [3.63, 3.8) is 0 Å². The molecule has 4 aromatic rings. The maximum atomic E-state index is 4.47. The molecular weight excluding hydrogens is 308 g/mol. The van der Waals surface area contributed by atoms with Crippen molar-refractivity contribution in [1.82, 2.24) is 19.6 Å². The van der Waals surface area contributed by atoms with Crippen LogP contribution in [0.3, 0.4) is 0 Å². The van der Waals surface area contributed by atoms with Gasteiger partial charge in [0.05, 0.1) is 25.5 Å². The van der Waals surface area contributed by atoms with Crippen molar-refractivity contribution < 1.29 is 0 Å². The van der Waals surface area contributed by atoms with Gasteiger partial charge in [-0.3, -0.25) is 9.36 Å². The molecule has 124 valence electrons. The average molecular weight is 328 g/mol. The Morgan fingerprint density at radius 3 is 1.44 bits per heavy atom. The lowest BCUT2D eigenvalue weighted by molar-refractivity contribution is 0.685. The van der Waals surface area contributed by atoms with Gasteiger partial charge in [-0.25, -0.2) is 0 Å². The minimum atomic E-state index is 0.800. The normalized spacial score (nSPS) is 10.9. The maximum Gasteiger partial charge on any atom is 0.0659 e. The van der Waals surface area contributed by atoms with Crippen molar-refractivity contribution in [1.29, 1.82) is 0 Å². The second kappa shape index (κ2) is 7.18. The largest absolute Gasteiger partial charge is 0.268 e. The van der Waals surface area contributed by atoms with Crippen molar-refractivity contribution in [2.75, 3.05) is 0 Å². The molecule has 0 atom stereocenters. The second-order valence-corrected chi connectivity index (χ2v) is 6.24. The van der Waals surface area contributed by atoms with Gasteiger partial charge in [0.25, 0.3) is 0 Å². The number of nitrogens with zero attached hydrogens (tertiary/aromatic N) is 4. The van der Waals surface area contributed by atoms with Crippen molar-refractivity contribution in [2.45, 2.75) is 19.5 Å². The summed E-state index contributed by atoms with van der Waals surface area (Å²) in [5.74, 6) is 0. The van der Waals surface area contributed by atoms with Gasteiger partial charge >= 0.3 is 0 Å². The van der Waals surface area contributed by atoms with E-state index in [9.17, 15) is 0 Å². The number of hydrogen-bond donors (Lipinski definition) is 0. The summed E-state index contributed by atoms with van der Waals surface area (Å²) in [6, 6.07) is 20.8. The van der Waals surface area contributed by atoms with E-state index in [1.165, 1.54) is 22.3 Å².